The molecule has 2 nitrogen and oxygen atoms in total. The minimum Gasteiger partial charge on any atom is -0.372 e. The van der Waals surface area contributed by atoms with Gasteiger partial charge in [-0.25, -0.2) is 0 Å². The quantitative estimate of drug-likeness (QED) is 0.600. The highest BCUT2D eigenvalue weighted by Crippen LogP contribution is 2.66. The molecule has 0 aromatic rings. The lowest BCUT2D eigenvalue weighted by molar-refractivity contribution is -0.142. The van der Waals surface area contributed by atoms with Gasteiger partial charge < -0.3 is 4.74 Å². The molecule has 2 unspecified atom stereocenters. The number of fused-ring (bicyclic) bond motifs is 5. The minimum atomic E-state index is -0.0600. The van der Waals surface area contributed by atoms with Crippen LogP contribution in [-0.4, -0.2) is 17.5 Å². The van der Waals surface area contributed by atoms with Crippen LogP contribution in [-0.2, 0) is 9.53 Å². The van der Waals surface area contributed by atoms with E-state index in [1.165, 1.54) is 18.4 Å². The molecule has 0 amide bonds. The van der Waals surface area contributed by atoms with Gasteiger partial charge in [-0.3, -0.25) is 4.79 Å². The Kier molecular flexibility index (Phi) is 3.98. The second-order valence-electron chi connectivity index (χ2n) is 10.1. The maximum absolute atomic E-state index is 12.0. The van der Waals surface area contributed by atoms with Crippen molar-refractivity contribution in [1.29, 1.82) is 0 Å². The van der Waals surface area contributed by atoms with Gasteiger partial charge in [-0.05, 0) is 88.9 Å². The van der Waals surface area contributed by atoms with Crippen molar-refractivity contribution in [2.75, 3.05) is 0 Å². The lowest BCUT2D eigenvalue weighted by atomic mass is 9.50. The zero-order valence-electron chi connectivity index (χ0n) is 17.3. The maximum atomic E-state index is 12.0. The van der Waals surface area contributed by atoms with Gasteiger partial charge in [0.15, 0.2) is 5.78 Å². The topological polar surface area (TPSA) is 26.3 Å². The molecule has 6 atom stereocenters. The van der Waals surface area contributed by atoms with Crippen LogP contribution < -0.4 is 0 Å². The Hall–Kier alpha value is -1.15. The van der Waals surface area contributed by atoms with Gasteiger partial charge in [0.25, 0.3) is 0 Å². The van der Waals surface area contributed by atoms with Crippen LogP contribution in [0.15, 0.2) is 35.5 Å². The summed E-state index contributed by atoms with van der Waals surface area (Å²) in [5, 5.41) is 0. The minimum absolute atomic E-state index is 0.0352. The molecule has 0 saturated heterocycles. The van der Waals surface area contributed by atoms with Crippen molar-refractivity contribution >= 4 is 5.78 Å². The molecule has 4 aliphatic carbocycles. The molecule has 2 heteroatoms. The lowest BCUT2D eigenvalue weighted by Gasteiger charge is -2.56. The van der Waals surface area contributed by atoms with E-state index in [9.17, 15) is 4.79 Å². The number of carbonyl (C=O) groups is 1. The molecule has 0 N–H and O–H groups in total. The summed E-state index contributed by atoms with van der Waals surface area (Å²) >= 11 is 0. The van der Waals surface area contributed by atoms with E-state index in [-0.39, 0.29) is 28.3 Å². The van der Waals surface area contributed by atoms with E-state index in [0.717, 1.165) is 12.8 Å². The molecule has 0 spiro atoms. The Morgan fingerprint density at radius 2 is 1.92 bits per heavy atom. The van der Waals surface area contributed by atoms with Crippen LogP contribution in [0.2, 0.25) is 0 Å². The zero-order valence-corrected chi connectivity index (χ0v) is 17.3. The number of hydrogen-bond donors (Lipinski definition) is 0. The average molecular weight is 355 g/mol. The van der Waals surface area contributed by atoms with Crippen LogP contribution in [0.4, 0.5) is 0 Å². The summed E-state index contributed by atoms with van der Waals surface area (Å²) in [5.74, 6) is 1.92. The number of carbonyl (C=O) groups excluding carboxylic acids is 1. The van der Waals surface area contributed by atoms with Crippen LogP contribution >= 0.6 is 0 Å². The van der Waals surface area contributed by atoms with Gasteiger partial charge in [0.05, 0.1) is 11.7 Å². The summed E-state index contributed by atoms with van der Waals surface area (Å²) in [6, 6.07) is 0. The number of ketones is 1. The highest BCUT2D eigenvalue weighted by atomic mass is 16.5. The molecule has 0 bridgehead atoms. The zero-order chi connectivity index (χ0) is 18.9. The Labute approximate surface area is 158 Å². The van der Waals surface area contributed by atoms with Crippen molar-refractivity contribution in [2.24, 2.45) is 28.6 Å². The van der Waals surface area contributed by atoms with Crippen LogP contribution in [0, 0.1) is 28.6 Å². The Bertz CT molecular complexity index is 726. The molecular weight excluding hydrogens is 320 g/mol. The van der Waals surface area contributed by atoms with Crippen LogP contribution in [0.5, 0.6) is 0 Å². The molecular formula is C24H34O2. The van der Waals surface area contributed by atoms with E-state index in [4.69, 9.17) is 4.74 Å². The van der Waals surface area contributed by atoms with Gasteiger partial charge in [-0.15, -0.1) is 0 Å². The van der Waals surface area contributed by atoms with E-state index in [1.54, 1.807) is 11.6 Å². The monoisotopic (exact) mass is 354 g/mol. The van der Waals surface area contributed by atoms with Crippen molar-refractivity contribution in [2.45, 2.75) is 78.9 Å². The largest absolute Gasteiger partial charge is 0.372 e. The SMILES string of the molecule is CC(C)O[C@]1(C)CCC2C3C[C@H](C)C4=CC(=O)C=C[C@]4(C)C3=CC[C@@]21C. The molecule has 0 aliphatic heterocycles. The van der Waals surface area contributed by atoms with Gasteiger partial charge >= 0.3 is 0 Å². The molecule has 2 fully saturated rings. The van der Waals surface area contributed by atoms with Crippen molar-refractivity contribution in [3.05, 3.63) is 35.5 Å². The van der Waals surface area contributed by atoms with E-state index in [0.29, 0.717) is 17.8 Å². The van der Waals surface area contributed by atoms with Gasteiger partial charge in [-0.2, -0.15) is 0 Å². The normalized spacial score (nSPS) is 47.2. The summed E-state index contributed by atoms with van der Waals surface area (Å²) in [5.41, 5.74) is 3.01. The molecule has 2 saturated carbocycles. The standard InChI is InChI=1S/C24H34O2/c1-15(2)26-24(6)12-9-20-18-13-16(3)21-14-17(25)7-10-22(21,4)19(18)8-11-23(20,24)5/h7-8,10,14-16,18,20H,9,11-13H2,1-6H3/t16-,18?,20?,22+,23-,24+/m0/s1. The second-order valence-corrected chi connectivity index (χ2v) is 10.1. The molecule has 4 rings (SSSR count). The first kappa shape index (κ1) is 18.2. The fraction of sp³-hybridized carbons (Fsp3) is 0.708. The van der Waals surface area contributed by atoms with Gasteiger partial charge in [0.2, 0.25) is 0 Å². The average Bonchev–Trinajstić information content (AvgIpc) is 2.80. The van der Waals surface area contributed by atoms with Gasteiger partial charge in [0.1, 0.15) is 0 Å². The van der Waals surface area contributed by atoms with E-state index in [1.807, 2.05) is 6.08 Å². The maximum Gasteiger partial charge on any atom is 0.178 e. The summed E-state index contributed by atoms with van der Waals surface area (Å²) in [6.45, 7) is 13.8. The highest BCUT2D eigenvalue weighted by molar-refractivity contribution is 6.01. The Balaban J connectivity index is 1.76. The van der Waals surface area contributed by atoms with Gasteiger partial charge in [-0.1, -0.05) is 31.6 Å². The molecule has 0 aromatic heterocycles. The van der Waals surface area contributed by atoms with Crippen molar-refractivity contribution < 1.29 is 9.53 Å². The molecule has 26 heavy (non-hydrogen) atoms. The molecule has 0 heterocycles. The third-order valence-electron chi connectivity index (χ3n) is 8.30. The number of ether oxygens (including phenoxy) is 1. The van der Waals surface area contributed by atoms with Crippen LogP contribution in [0.25, 0.3) is 0 Å². The van der Waals surface area contributed by atoms with Gasteiger partial charge in [0, 0.05) is 10.8 Å². The Morgan fingerprint density at radius 3 is 2.62 bits per heavy atom. The van der Waals surface area contributed by atoms with E-state index < -0.39 is 0 Å². The Morgan fingerprint density at radius 1 is 1.19 bits per heavy atom. The van der Waals surface area contributed by atoms with Crippen molar-refractivity contribution in [3.8, 4) is 0 Å². The molecule has 4 aliphatic rings. The summed E-state index contributed by atoms with van der Waals surface area (Å²) in [7, 11) is 0. The third kappa shape index (κ3) is 2.30. The first-order valence-corrected chi connectivity index (χ1v) is 10.4. The van der Waals surface area contributed by atoms with E-state index in [2.05, 4.69) is 53.7 Å². The lowest BCUT2D eigenvalue weighted by Crippen LogP contribution is -2.51. The fourth-order valence-electron chi connectivity index (χ4n) is 6.85. The van der Waals surface area contributed by atoms with Crippen LogP contribution in [0.3, 0.4) is 0 Å². The predicted octanol–water partition coefficient (Wildman–Crippen LogP) is 5.64. The number of rotatable bonds is 2. The third-order valence-corrected chi connectivity index (χ3v) is 8.30. The number of hydrogen-bond acceptors (Lipinski definition) is 2. The first-order valence-electron chi connectivity index (χ1n) is 10.4. The fourth-order valence-corrected chi connectivity index (χ4v) is 6.85. The second kappa shape index (κ2) is 5.67. The predicted molar refractivity (Wildman–Crippen MR) is 106 cm³/mol. The smallest absolute Gasteiger partial charge is 0.178 e. The van der Waals surface area contributed by atoms with Crippen molar-refractivity contribution in [1.82, 2.24) is 0 Å². The summed E-state index contributed by atoms with van der Waals surface area (Å²) in [6.07, 6.45) is 13.3. The molecule has 142 valence electrons. The molecule has 0 aromatic carbocycles. The van der Waals surface area contributed by atoms with Crippen LogP contribution in [0.1, 0.15) is 67.2 Å². The number of allylic oxidation sites excluding steroid dienone is 6. The van der Waals surface area contributed by atoms with E-state index >= 15 is 0 Å². The summed E-state index contributed by atoms with van der Waals surface area (Å²) < 4.78 is 6.52. The highest BCUT2D eigenvalue weighted by Gasteiger charge is 2.61. The summed E-state index contributed by atoms with van der Waals surface area (Å²) in [4.78, 5) is 12.0. The first-order chi connectivity index (χ1) is 12.1. The van der Waals surface area contributed by atoms with Crippen molar-refractivity contribution in [3.63, 3.8) is 0 Å². The molecule has 0 radical (unpaired) electrons.